The van der Waals surface area contributed by atoms with E-state index < -0.39 is 0 Å². The van der Waals surface area contributed by atoms with E-state index in [-0.39, 0.29) is 0 Å². The first-order chi connectivity index (χ1) is 9.65. The van der Waals surface area contributed by atoms with Crippen LogP contribution >= 0.6 is 11.6 Å². The number of nitrogens with one attached hydrogen (secondary N) is 1. The second-order valence-corrected chi connectivity index (χ2v) is 5.48. The molecule has 2 rings (SSSR count). The molecule has 1 aromatic rings. The summed E-state index contributed by atoms with van der Waals surface area (Å²) >= 11 is 6.19. The zero-order valence-electron chi connectivity index (χ0n) is 12.2. The Labute approximate surface area is 125 Å². The lowest BCUT2D eigenvalue weighted by Crippen LogP contribution is -2.26. The van der Waals surface area contributed by atoms with Crippen molar-refractivity contribution >= 4 is 11.6 Å². The predicted octanol–water partition coefficient (Wildman–Crippen LogP) is 2.87. The van der Waals surface area contributed by atoms with E-state index in [2.05, 4.69) is 12.2 Å². The average molecular weight is 300 g/mol. The van der Waals surface area contributed by atoms with E-state index in [0.29, 0.717) is 28.5 Å². The maximum Gasteiger partial charge on any atom is 0.179 e. The highest BCUT2D eigenvalue weighted by atomic mass is 35.5. The van der Waals surface area contributed by atoms with Crippen LogP contribution in [0.25, 0.3) is 0 Å². The first kappa shape index (κ1) is 15.4. The lowest BCUT2D eigenvalue weighted by molar-refractivity contribution is 0.105. The summed E-state index contributed by atoms with van der Waals surface area (Å²) in [6.07, 6.45) is 1.47. The van der Waals surface area contributed by atoms with Crippen molar-refractivity contribution in [3.8, 4) is 11.5 Å². The molecule has 5 heteroatoms. The molecule has 0 aliphatic carbocycles. The highest BCUT2D eigenvalue weighted by molar-refractivity contribution is 6.32. The lowest BCUT2D eigenvalue weighted by atomic mass is 10.0. The number of benzene rings is 1. The van der Waals surface area contributed by atoms with Gasteiger partial charge in [-0.3, -0.25) is 0 Å². The SMILES string of the molecule is COc1cc(CNCC2CCOC2C)cc(Cl)c1OC. The van der Waals surface area contributed by atoms with Crippen LogP contribution < -0.4 is 14.8 Å². The van der Waals surface area contributed by atoms with Gasteiger partial charge in [-0.15, -0.1) is 0 Å². The topological polar surface area (TPSA) is 39.7 Å². The fourth-order valence-electron chi connectivity index (χ4n) is 2.52. The van der Waals surface area contributed by atoms with Crippen molar-refractivity contribution in [3.63, 3.8) is 0 Å². The van der Waals surface area contributed by atoms with E-state index in [1.165, 1.54) is 0 Å². The van der Waals surface area contributed by atoms with Gasteiger partial charge in [0.25, 0.3) is 0 Å². The summed E-state index contributed by atoms with van der Waals surface area (Å²) in [7, 11) is 3.20. The molecule has 1 N–H and O–H groups in total. The molecule has 4 nitrogen and oxygen atoms in total. The van der Waals surface area contributed by atoms with Gasteiger partial charge in [-0.1, -0.05) is 11.6 Å². The average Bonchev–Trinajstić information content (AvgIpc) is 2.84. The summed E-state index contributed by atoms with van der Waals surface area (Å²) in [5.74, 6) is 1.83. The number of methoxy groups -OCH3 is 2. The van der Waals surface area contributed by atoms with Gasteiger partial charge < -0.3 is 19.5 Å². The van der Waals surface area contributed by atoms with Crippen molar-refractivity contribution in [1.29, 1.82) is 0 Å². The summed E-state index contributed by atoms with van der Waals surface area (Å²) in [5.41, 5.74) is 1.08. The highest BCUT2D eigenvalue weighted by Crippen LogP contribution is 2.36. The van der Waals surface area contributed by atoms with Crippen LogP contribution in [0.15, 0.2) is 12.1 Å². The van der Waals surface area contributed by atoms with E-state index >= 15 is 0 Å². The zero-order chi connectivity index (χ0) is 14.5. The number of hydrogen-bond donors (Lipinski definition) is 1. The quantitative estimate of drug-likeness (QED) is 0.877. The minimum absolute atomic E-state index is 0.344. The van der Waals surface area contributed by atoms with E-state index in [9.17, 15) is 0 Å². The summed E-state index contributed by atoms with van der Waals surface area (Å²) < 4.78 is 16.1. The molecule has 1 aliphatic heterocycles. The first-order valence-electron chi connectivity index (χ1n) is 6.88. The van der Waals surface area contributed by atoms with Crippen molar-refractivity contribution in [2.45, 2.75) is 26.0 Å². The molecule has 2 unspecified atom stereocenters. The number of ether oxygens (including phenoxy) is 3. The third-order valence-electron chi connectivity index (χ3n) is 3.76. The van der Waals surface area contributed by atoms with Gasteiger partial charge in [0, 0.05) is 19.7 Å². The minimum atomic E-state index is 0.344. The fourth-order valence-corrected chi connectivity index (χ4v) is 2.83. The Hall–Kier alpha value is -0.970. The molecule has 20 heavy (non-hydrogen) atoms. The molecule has 2 atom stereocenters. The molecular weight excluding hydrogens is 278 g/mol. The number of rotatable bonds is 6. The molecule has 0 bridgehead atoms. The summed E-state index contributed by atoms with van der Waals surface area (Å²) in [6.45, 7) is 4.71. The second kappa shape index (κ2) is 7.16. The monoisotopic (exact) mass is 299 g/mol. The fraction of sp³-hybridized carbons (Fsp3) is 0.600. The van der Waals surface area contributed by atoms with E-state index in [1.807, 2.05) is 12.1 Å². The van der Waals surface area contributed by atoms with E-state index in [4.69, 9.17) is 25.8 Å². The Kier molecular flexibility index (Phi) is 5.52. The van der Waals surface area contributed by atoms with Gasteiger partial charge in [0.2, 0.25) is 0 Å². The molecule has 0 spiro atoms. The van der Waals surface area contributed by atoms with Crippen molar-refractivity contribution in [3.05, 3.63) is 22.7 Å². The van der Waals surface area contributed by atoms with E-state index in [1.54, 1.807) is 14.2 Å². The van der Waals surface area contributed by atoms with Gasteiger partial charge in [0.15, 0.2) is 11.5 Å². The molecule has 0 aromatic heterocycles. The van der Waals surface area contributed by atoms with Gasteiger partial charge in [-0.25, -0.2) is 0 Å². The zero-order valence-corrected chi connectivity index (χ0v) is 13.0. The first-order valence-corrected chi connectivity index (χ1v) is 7.26. The molecule has 0 amide bonds. The van der Waals surface area contributed by atoms with Crippen molar-refractivity contribution in [2.24, 2.45) is 5.92 Å². The third kappa shape index (κ3) is 3.57. The second-order valence-electron chi connectivity index (χ2n) is 5.07. The minimum Gasteiger partial charge on any atom is -0.493 e. The van der Waals surface area contributed by atoms with Crippen LogP contribution in [0.5, 0.6) is 11.5 Å². The van der Waals surface area contributed by atoms with Crippen LogP contribution in [0.3, 0.4) is 0 Å². The normalized spacial score (nSPS) is 22.0. The molecule has 1 aromatic carbocycles. The third-order valence-corrected chi connectivity index (χ3v) is 4.04. The maximum absolute atomic E-state index is 6.19. The predicted molar refractivity (Wildman–Crippen MR) is 79.8 cm³/mol. The molecule has 112 valence electrons. The summed E-state index contributed by atoms with van der Waals surface area (Å²) in [6, 6.07) is 3.86. The van der Waals surface area contributed by atoms with Gasteiger partial charge in [-0.2, -0.15) is 0 Å². The largest absolute Gasteiger partial charge is 0.493 e. The smallest absolute Gasteiger partial charge is 0.179 e. The molecule has 1 fully saturated rings. The van der Waals surface area contributed by atoms with Crippen LogP contribution in [0.4, 0.5) is 0 Å². The van der Waals surface area contributed by atoms with Crippen molar-refractivity contribution in [2.75, 3.05) is 27.4 Å². The van der Waals surface area contributed by atoms with Crippen molar-refractivity contribution < 1.29 is 14.2 Å². The van der Waals surface area contributed by atoms with Gasteiger partial charge >= 0.3 is 0 Å². The Morgan fingerprint density at radius 3 is 2.75 bits per heavy atom. The Bertz CT molecular complexity index is 453. The molecule has 1 aliphatic rings. The Balaban J connectivity index is 1.94. The highest BCUT2D eigenvalue weighted by Gasteiger charge is 2.23. The van der Waals surface area contributed by atoms with Gasteiger partial charge in [0.1, 0.15) is 0 Å². The van der Waals surface area contributed by atoms with Gasteiger partial charge in [-0.05, 0) is 37.0 Å². The van der Waals surface area contributed by atoms with Crippen LogP contribution in [0.2, 0.25) is 5.02 Å². The maximum atomic E-state index is 6.19. The Morgan fingerprint density at radius 2 is 2.15 bits per heavy atom. The van der Waals surface area contributed by atoms with E-state index in [0.717, 1.165) is 31.7 Å². The Morgan fingerprint density at radius 1 is 1.35 bits per heavy atom. The molecular formula is C15H22ClNO3. The molecule has 0 saturated carbocycles. The lowest BCUT2D eigenvalue weighted by Gasteiger charge is -2.16. The summed E-state index contributed by atoms with van der Waals surface area (Å²) in [5, 5.41) is 4.03. The van der Waals surface area contributed by atoms with Crippen LogP contribution in [-0.4, -0.2) is 33.5 Å². The molecule has 0 radical (unpaired) electrons. The standard InChI is InChI=1S/C15H22ClNO3/c1-10-12(4-5-20-10)9-17-8-11-6-13(16)15(19-3)14(7-11)18-2/h6-7,10,12,17H,4-5,8-9H2,1-3H3. The number of hydrogen-bond acceptors (Lipinski definition) is 4. The molecule has 1 saturated heterocycles. The van der Waals surface area contributed by atoms with Crippen LogP contribution in [0, 0.1) is 5.92 Å². The van der Waals surface area contributed by atoms with Crippen LogP contribution in [0.1, 0.15) is 18.9 Å². The number of halogens is 1. The summed E-state index contributed by atoms with van der Waals surface area (Å²) in [4.78, 5) is 0. The van der Waals surface area contributed by atoms with Gasteiger partial charge in [0.05, 0.1) is 25.3 Å². The molecule has 1 heterocycles. The van der Waals surface area contributed by atoms with Crippen molar-refractivity contribution in [1.82, 2.24) is 5.32 Å². The van der Waals surface area contributed by atoms with Crippen LogP contribution in [-0.2, 0) is 11.3 Å².